The molecule has 2 aromatic rings. The molecule has 0 spiro atoms. The molecule has 0 saturated carbocycles. The summed E-state index contributed by atoms with van der Waals surface area (Å²) >= 11 is 0. The molecule has 1 aromatic heterocycles. The monoisotopic (exact) mass is 431 g/mol. The van der Waals surface area contributed by atoms with Crippen LogP contribution in [0.25, 0.3) is 0 Å². The summed E-state index contributed by atoms with van der Waals surface area (Å²) in [6, 6.07) is 10.1. The number of fused-ring (bicyclic) bond motifs is 3. The van der Waals surface area contributed by atoms with Crippen molar-refractivity contribution in [2.75, 3.05) is 16.6 Å². The Balaban J connectivity index is 1.31. The van der Waals surface area contributed by atoms with Gasteiger partial charge in [-0.15, -0.1) is 0 Å². The van der Waals surface area contributed by atoms with Gasteiger partial charge in [-0.2, -0.15) is 4.98 Å². The first-order valence-corrected chi connectivity index (χ1v) is 10.9. The first-order chi connectivity index (χ1) is 15.0. The second-order valence-electron chi connectivity index (χ2n) is 7.56. The van der Waals surface area contributed by atoms with Gasteiger partial charge in [-0.05, 0) is 31.0 Å². The Kier molecular flexibility index (Phi) is 4.76. The predicted molar refractivity (Wildman–Crippen MR) is 111 cm³/mol. The Morgan fingerprint density at radius 3 is 3.07 bits per heavy atom. The fourth-order valence-electron chi connectivity index (χ4n) is 4.07. The zero-order valence-corrected chi connectivity index (χ0v) is 17.3. The third-order valence-corrected chi connectivity index (χ3v) is 7.16. The second-order valence-corrected chi connectivity index (χ2v) is 8.93. The van der Waals surface area contributed by atoms with Crippen LogP contribution in [0.2, 0.25) is 0 Å². The third-order valence-electron chi connectivity index (χ3n) is 5.44. The number of nitrogens with zero attached hydrogens (tertiary/aromatic N) is 3. The van der Waals surface area contributed by atoms with Crippen LogP contribution in [0.4, 0.5) is 11.5 Å². The van der Waals surface area contributed by atoms with Crippen molar-refractivity contribution in [1.29, 1.82) is 0 Å². The lowest BCUT2D eigenvalue weighted by atomic mass is 10.1. The minimum atomic E-state index is -1.31. The highest BCUT2D eigenvalue weighted by Gasteiger charge is 2.46. The van der Waals surface area contributed by atoms with Crippen LogP contribution in [0.1, 0.15) is 33.4 Å². The van der Waals surface area contributed by atoms with Gasteiger partial charge in [0.25, 0.3) is 8.53 Å². The third kappa shape index (κ3) is 3.52. The number of amides is 1. The summed E-state index contributed by atoms with van der Waals surface area (Å²) in [7, 11) is -1.31. The van der Waals surface area contributed by atoms with E-state index in [-0.39, 0.29) is 30.8 Å². The Morgan fingerprint density at radius 1 is 1.40 bits per heavy atom. The van der Waals surface area contributed by atoms with Gasteiger partial charge >= 0.3 is 5.69 Å². The molecule has 30 heavy (non-hydrogen) atoms. The van der Waals surface area contributed by atoms with Crippen LogP contribution >= 0.6 is 8.53 Å². The second kappa shape index (κ2) is 7.74. The van der Waals surface area contributed by atoms with Crippen LogP contribution in [0.15, 0.2) is 41.3 Å². The van der Waals surface area contributed by atoms with Crippen molar-refractivity contribution in [2.24, 2.45) is 0 Å². The highest BCUT2D eigenvalue weighted by Crippen LogP contribution is 2.58. The number of benzene rings is 1. The van der Waals surface area contributed by atoms with Crippen LogP contribution in [0.3, 0.4) is 0 Å². The lowest BCUT2D eigenvalue weighted by Crippen LogP contribution is -2.28. The van der Waals surface area contributed by atoms with E-state index in [1.165, 1.54) is 17.1 Å². The maximum Gasteiger partial charge on any atom is 0.351 e. The van der Waals surface area contributed by atoms with E-state index in [9.17, 15) is 9.59 Å². The molecule has 3 aliphatic heterocycles. The van der Waals surface area contributed by atoms with Crippen molar-refractivity contribution < 1.29 is 19.9 Å². The molecule has 0 radical (unpaired) electrons. The molecule has 0 aliphatic carbocycles. The molecule has 1 aromatic carbocycles. The van der Waals surface area contributed by atoms with Crippen LogP contribution in [-0.2, 0) is 25.0 Å². The topological polar surface area (TPSA) is 94.9 Å². The average Bonchev–Trinajstić information content (AvgIpc) is 3.42. The number of carbonyl (C=O) groups excluding carboxylic acids is 1. The van der Waals surface area contributed by atoms with Gasteiger partial charge < -0.3 is 23.8 Å². The van der Waals surface area contributed by atoms with Gasteiger partial charge in [-0.1, -0.05) is 18.2 Å². The van der Waals surface area contributed by atoms with Crippen molar-refractivity contribution in [3.63, 3.8) is 0 Å². The van der Waals surface area contributed by atoms with E-state index in [4.69, 9.17) is 15.2 Å². The van der Waals surface area contributed by atoms with E-state index in [0.29, 0.717) is 13.0 Å². The normalized spacial score (nSPS) is 30.1. The van der Waals surface area contributed by atoms with Gasteiger partial charge in [0, 0.05) is 26.6 Å². The molecule has 158 valence electrons. The standard InChI is InChI=1S/C20H23N4O5P/c1-12-17(10-19(28-12)23-8-7-18(21-13(2)25)22-20(23)26)29-30-24-15(11-27-30)9-14-5-3-4-6-16(14)24/h3-8,12,15,17,19H,9-11H2,1-2H3,(H,21,22,25,26)/t12?,15-,17?,19?,30-/m0/s1/i1D. The van der Waals surface area contributed by atoms with E-state index in [1.54, 1.807) is 12.3 Å². The Hall–Kier alpha value is -2.32. The molecular formula is C20H23N4O5P. The molecule has 3 unspecified atom stereocenters. The van der Waals surface area contributed by atoms with Gasteiger partial charge in [0.2, 0.25) is 5.91 Å². The van der Waals surface area contributed by atoms with Crippen molar-refractivity contribution in [1.82, 2.24) is 9.55 Å². The highest BCUT2D eigenvalue weighted by atomic mass is 31.2. The molecule has 0 bridgehead atoms. The Morgan fingerprint density at radius 2 is 2.27 bits per heavy atom. The van der Waals surface area contributed by atoms with Crippen LogP contribution in [-0.4, -0.2) is 40.3 Å². The molecule has 1 N–H and O–H groups in total. The SMILES string of the molecule is [2H]CC1OC(n2ccc(NC(C)=O)nc2=O)CC1O[P@]1OC[C@@H]2Cc3ccccc3N21. The number of anilines is 2. The highest BCUT2D eigenvalue weighted by molar-refractivity contribution is 7.49. The minimum Gasteiger partial charge on any atom is -0.352 e. The number of carbonyl (C=O) groups is 1. The zero-order valence-electron chi connectivity index (χ0n) is 17.4. The number of hydrogen-bond acceptors (Lipinski definition) is 7. The fraction of sp³-hybridized carbons (Fsp3) is 0.450. The lowest BCUT2D eigenvalue weighted by molar-refractivity contribution is -0.114. The smallest absolute Gasteiger partial charge is 0.351 e. The van der Waals surface area contributed by atoms with Gasteiger partial charge in [-0.25, -0.2) is 4.79 Å². The Labute approximate surface area is 176 Å². The fourth-order valence-corrected chi connectivity index (χ4v) is 5.90. The summed E-state index contributed by atoms with van der Waals surface area (Å²) < 4.78 is 29.8. The summed E-state index contributed by atoms with van der Waals surface area (Å²) in [6.07, 6.45) is 1.44. The quantitative estimate of drug-likeness (QED) is 0.744. The molecule has 5 rings (SSSR count). The number of para-hydroxylation sites is 1. The number of nitrogens with one attached hydrogen (secondary N) is 1. The maximum absolute atomic E-state index is 12.4. The minimum absolute atomic E-state index is 0.0104. The maximum atomic E-state index is 12.4. The molecule has 9 nitrogen and oxygen atoms in total. The van der Waals surface area contributed by atoms with E-state index in [1.807, 2.05) is 12.1 Å². The van der Waals surface area contributed by atoms with Gasteiger partial charge in [0.05, 0.1) is 24.9 Å². The van der Waals surface area contributed by atoms with Crippen molar-refractivity contribution >= 4 is 25.9 Å². The predicted octanol–water partition coefficient (Wildman–Crippen LogP) is 2.58. The van der Waals surface area contributed by atoms with Gasteiger partial charge in [-0.3, -0.25) is 9.36 Å². The lowest BCUT2D eigenvalue weighted by Gasteiger charge is -2.26. The van der Waals surface area contributed by atoms with E-state index < -0.39 is 26.5 Å². The summed E-state index contributed by atoms with van der Waals surface area (Å²) in [5.74, 6) is -0.108. The number of hydrogen-bond donors (Lipinski definition) is 1. The summed E-state index contributed by atoms with van der Waals surface area (Å²) in [6.45, 7) is 1.97. The molecule has 2 saturated heterocycles. The summed E-state index contributed by atoms with van der Waals surface area (Å²) in [5, 5.41) is 2.49. The van der Waals surface area contributed by atoms with Crippen LogP contribution in [0.5, 0.6) is 0 Å². The molecule has 1 amide bonds. The number of aromatic nitrogens is 2. The number of ether oxygens (including phenoxy) is 1. The zero-order chi connectivity index (χ0) is 21.5. The van der Waals surface area contributed by atoms with Crippen LogP contribution < -0.4 is 15.7 Å². The number of rotatable bonds is 4. The van der Waals surface area contributed by atoms with Gasteiger partial charge in [0.1, 0.15) is 12.0 Å². The van der Waals surface area contributed by atoms with E-state index in [0.717, 1.165) is 12.1 Å². The van der Waals surface area contributed by atoms with E-state index in [2.05, 4.69) is 27.1 Å². The first-order valence-electron chi connectivity index (χ1n) is 10.5. The largest absolute Gasteiger partial charge is 0.352 e. The first kappa shape index (κ1) is 18.4. The van der Waals surface area contributed by atoms with E-state index >= 15 is 0 Å². The summed E-state index contributed by atoms with van der Waals surface area (Å²) in [5.41, 5.74) is 1.90. The molecule has 5 atom stereocenters. The molecule has 3 aliphatic rings. The van der Waals surface area contributed by atoms with Gasteiger partial charge in [0.15, 0.2) is 0 Å². The van der Waals surface area contributed by atoms with Crippen molar-refractivity contribution in [3.8, 4) is 0 Å². The summed E-state index contributed by atoms with van der Waals surface area (Å²) in [4.78, 5) is 27.5. The van der Waals surface area contributed by atoms with Crippen molar-refractivity contribution in [2.45, 2.75) is 51.1 Å². The Bertz CT molecular complexity index is 1050. The molecule has 4 heterocycles. The van der Waals surface area contributed by atoms with Crippen molar-refractivity contribution in [3.05, 3.63) is 52.6 Å². The molecular weight excluding hydrogens is 407 g/mol. The van der Waals surface area contributed by atoms with Crippen LogP contribution in [0, 0.1) is 0 Å². The molecule has 10 heteroatoms. The molecule has 2 fully saturated rings. The average molecular weight is 431 g/mol.